The fourth-order valence-corrected chi connectivity index (χ4v) is 2.83. The smallest absolute Gasteiger partial charge is 0.252 e. The summed E-state index contributed by atoms with van der Waals surface area (Å²) in [5, 5.41) is 3.14. The predicted octanol–water partition coefficient (Wildman–Crippen LogP) is 2.05. The van der Waals surface area contributed by atoms with Gasteiger partial charge in [0.1, 0.15) is 5.54 Å². The molecule has 0 aliphatic carbocycles. The number of amides is 1. The van der Waals surface area contributed by atoms with E-state index in [4.69, 9.17) is 12.2 Å². The Morgan fingerprint density at radius 3 is 2.88 bits per heavy atom. The van der Waals surface area contributed by atoms with Crippen molar-refractivity contribution in [1.82, 2.24) is 10.2 Å². The molecule has 1 unspecified atom stereocenters. The first-order chi connectivity index (χ1) is 7.93. The van der Waals surface area contributed by atoms with Crippen LogP contribution in [0.15, 0.2) is 28.7 Å². The van der Waals surface area contributed by atoms with Crippen molar-refractivity contribution in [2.24, 2.45) is 0 Å². The first kappa shape index (κ1) is 12.5. The van der Waals surface area contributed by atoms with Crippen molar-refractivity contribution in [3.05, 3.63) is 34.3 Å². The number of nitrogens with one attached hydrogen (secondary N) is 1. The molecule has 1 aliphatic rings. The highest BCUT2D eigenvalue weighted by Gasteiger charge is 2.41. The predicted molar refractivity (Wildman–Crippen MR) is 74.9 cm³/mol. The second-order valence-electron chi connectivity index (χ2n) is 4.34. The molecule has 1 amide bonds. The third-order valence-electron chi connectivity index (χ3n) is 2.95. The van der Waals surface area contributed by atoms with Gasteiger partial charge in [-0.15, -0.1) is 0 Å². The minimum Gasteiger partial charge on any atom is -0.361 e. The largest absolute Gasteiger partial charge is 0.361 e. The maximum atomic E-state index is 12.3. The van der Waals surface area contributed by atoms with Crippen LogP contribution < -0.4 is 5.32 Å². The van der Waals surface area contributed by atoms with Gasteiger partial charge in [0.05, 0.1) is 11.5 Å². The summed E-state index contributed by atoms with van der Waals surface area (Å²) >= 11 is 8.62. The molecule has 0 saturated carbocycles. The summed E-state index contributed by atoms with van der Waals surface area (Å²) in [6, 6.07) is 7.71. The molecule has 90 valence electrons. The molecule has 17 heavy (non-hydrogen) atoms. The topological polar surface area (TPSA) is 32.3 Å². The van der Waals surface area contributed by atoms with Gasteiger partial charge in [0, 0.05) is 11.5 Å². The number of thiocarbonyl (C=S) groups is 1. The van der Waals surface area contributed by atoms with Crippen LogP contribution in [0.5, 0.6) is 0 Å². The zero-order valence-corrected chi connectivity index (χ0v) is 12.1. The quantitative estimate of drug-likeness (QED) is 0.806. The fraction of sp³-hybridized carbons (Fsp3) is 0.333. The van der Waals surface area contributed by atoms with Crippen molar-refractivity contribution in [3.8, 4) is 0 Å². The molecule has 1 fully saturated rings. The van der Waals surface area contributed by atoms with Crippen LogP contribution in [0.3, 0.4) is 0 Å². The van der Waals surface area contributed by atoms with E-state index in [-0.39, 0.29) is 5.91 Å². The number of hydrogen-bond acceptors (Lipinski definition) is 2. The number of rotatable bonds is 1. The first-order valence-corrected chi connectivity index (χ1v) is 6.46. The zero-order valence-electron chi connectivity index (χ0n) is 9.66. The molecular weight excluding hydrogens is 300 g/mol. The van der Waals surface area contributed by atoms with Gasteiger partial charge < -0.3 is 10.2 Å². The molecule has 3 nitrogen and oxygen atoms in total. The van der Waals surface area contributed by atoms with E-state index >= 15 is 0 Å². The average molecular weight is 313 g/mol. The monoisotopic (exact) mass is 312 g/mol. The number of carbonyl (C=O) groups is 1. The number of nitrogens with zero attached hydrogens (tertiary/aromatic N) is 1. The summed E-state index contributed by atoms with van der Waals surface area (Å²) in [6.45, 7) is 2.34. The van der Waals surface area contributed by atoms with E-state index in [1.807, 2.05) is 31.2 Å². The van der Waals surface area contributed by atoms with Gasteiger partial charge >= 0.3 is 0 Å². The molecule has 1 aromatic rings. The molecular formula is C12H13BrN2OS. The van der Waals surface area contributed by atoms with Crippen molar-refractivity contribution in [2.45, 2.75) is 12.5 Å². The Morgan fingerprint density at radius 2 is 2.24 bits per heavy atom. The SMILES string of the molecule is CN1CC(=S)NC(C)(c2cccc(Br)c2)C1=O. The van der Waals surface area contributed by atoms with E-state index in [0.717, 1.165) is 10.0 Å². The van der Waals surface area contributed by atoms with Crippen LogP contribution >= 0.6 is 28.1 Å². The summed E-state index contributed by atoms with van der Waals surface area (Å²) in [4.78, 5) is 14.6. The minimum absolute atomic E-state index is 0.0317. The van der Waals surface area contributed by atoms with Gasteiger partial charge in [0.25, 0.3) is 5.91 Å². The Kier molecular flexibility index (Phi) is 3.23. The van der Waals surface area contributed by atoms with Crippen LogP contribution in [0.25, 0.3) is 0 Å². The minimum atomic E-state index is -0.770. The van der Waals surface area contributed by atoms with Gasteiger partial charge in [-0.3, -0.25) is 4.79 Å². The van der Waals surface area contributed by atoms with Crippen LogP contribution in [0.4, 0.5) is 0 Å². The number of hydrogen-bond donors (Lipinski definition) is 1. The van der Waals surface area contributed by atoms with Gasteiger partial charge in [0.15, 0.2) is 0 Å². The Morgan fingerprint density at radius 1 is 1.53 bits per heavy atom. The highest BCUT2D eigenvalue weighted by Crippen LogP contribution is 2.27. The lowest BCUT2D eigenvalue weighted by Crippen LogP contribution is -2.61. The van der Waals surface area contributed by atoms with E-state index in [1.165, 1.54) is 0 Å². The zero-order chi connectivity index (χ0) is 12.6. The molecule has 1 atom stereocenters. The van der Waals surface area contributed by atoms with E-state index in [1.54, 1.807) is 11.9 Å². The lowest BCUT2D eigenvalue weighted by Gasteiger charge is -2.39. The van der Waals surface area contributed by atoms with Crippen LogP contribution in [-0.2, 0) is 10.3 Å². The number of likely N-dealkylation sites (N-methyl/N-ethyl adjacent to an activating group) is 1. The van der Waals surface area contributed by atoms with Crippen molar-refractivity contribution in [3.63, 3.8) is 0 Å². The van der Waals surface area contributed by atoms with E-state index in [2.05, 4.69) is 21.2 Å². The Balaban J connectivity index is 2.46. The molecule has 0 radical (unpaired) electrons. The van der Waals surface area contributed by atoms with Crippen LogP contribution in [0, 0.1) is 0 Å². The van der Waals surface area contributed by atoms with E-state index < -0.39 is 5.54 Å². The van der Waals surface area contributed by atoms with Crippen molar-refractivity contribution in [1.29, 1.82) is 0 Å². The molecule has 1 aromatic carbocycles. The van der Waals surface area contributed by atoms with Crippen molar-refractivity contribution >= 4 is 39.0 Å². The molecule has 1 aliphatic heterocycles. The highest BCUT2D eigenvalue weighted by molar-refractivity contribution is 9.10. The first-order valence-electron chi connectivity index (χ1n) is 5.26. The van der Waals surface area contributed by atoms with Gasteiger partial charge in [0.2, 0.25) is 0 Å². The second-order valence-corrected chi connectivity index (χ2v) is 5.75. The average Bonchev–Trinajstić information content (AvgIpc) is 2.26. The maximum Gasteiger partial charge on any atom is 0.252 e. The summed E-state index contributed by atoms with van der Waals surface area (Å²) in [5.41, 5.74) is 0.138. The van der Waals surface area contributed by atoms with E-state index in [9.17, 15) is 4.79 Å². The molecule has 2 rings (SSSR count). The number of halogens is 1. The van der Waals surface area contributed by atoms with Crippen molar-refractivity contribution in [2.75, 3.05) is 13.6 Å². The van der Waals surface area contributed by atoms with Crippen LogP contribution in [0.1, 0.15) is 12.5 Å². The molecule has 1 heterocycles. The third-order valence-corrected chi connectivity index (χ3v) is 3.67. The van der Waals surface area contributed by atoms with Gasteiger partial charge in [-0.05, 0) is 24.6 Å². The third kappa shape index (κ3) is 2.21. The fourth-order valence-electron chi connectivity index (χ4n) is 2.04. The lowest BCUT2D eigenvalue weighted by atomic mass is 9.89. The number of carbonyl (C=O) groups excluding carboxylic acids is 1. The highest BCUT2D eigenvalue weighted by atomic mass is 79.9. The maximum absolute atomic E-state index is 12.3. The Hall–Kier alpha value is -0.940. The van der Waals surface area contributed by atoms with Crippen LogP contribution in [0.2, 0.25) is 0 Å². The summed E-state index contributed by atoms with van der Waals surface area (Å²) < 4.78 is 0.949. The summed E-state index contributed by atoms with van der Waals surface area (Å²) in [7, 11) is 1.77. The number of benzene rings is 1. The Bertz CT molecular complexity index is 491. The second kappa shape index (κ2) is 4.38. The molecule has 1 saturated heterocycles. The van der Waals surface area contributed by atoms with Gasteiger partial charge in [-0.2, -0.15) is 0 Å². The molecule has 0 spiro atoms. The molecule has 5 heteroatoms. The molecule has 0 bridgehead atoms. The summed E-state index contributed by atoms with van der Waals surface area (Å²) in [5.74, 6) is 0.0317. The van der Waals surface area contributed by atoms with E-state index in [0.29, 0.717) is 11.5 Å². The van der Waals surface area contributed by atoms with Crippen LogP contribution in [-0.4, -0.2) is 29.4 Å². The molecule has 1 N–H and O–H groups in total. The lowest BCUT2D eigenvalue weighted by molar-refractivity contribution is -0.136. The molecule has 0 aromatic heterocycles. The van der Waals surface area contributed by atoms with Gasteiger partial charge in [-0.1, -0.05) is 40.3 Å². The number of piperazine rings is 1. The normalized spacial score (nSPS) is 24.8. The Labute approximate surface area is 114 Å². The van der Waals surface area contributed by atoms with Gasteiger partial charge in [-0.25, -0.2) is 0 Å². The standard InChI is InChI=1S/C12H13BrN2OS/c1-12(8-4-3-5-9(13)6-8)11(16)15(2)7-10(17)14-12/h3-6H,7H2,1-2H3,(H,14,17). The summed E-state index contributed by atoms with van der Waals surface area (Å²) in [6.07, 6.45) is 0. The van der Waals surface area contributed by atoms with Crippen molar-refractivity contribution < 1.29 is 4.79 Å².